The molecule has 0 amide bonds. The molecule has 0 saturated heterocycles. The Morgan fingerprint density at radius 1 is 0.930 bits per heavy atom. The van der Waals surface area contributed by atoms with Crippen LogP contribution in [0.3, 0.4) is 0 Å². The van der Waals surface area contributed by atoms with Crippen LogP contribution in [0.1, 0.15) is 55.5 Å². The minimum atomic E-state index is -1.17. The summed E-state index contributed by atoms with van der Waals surface area (Å²) in [5.41, 5.74) is 6.13. The van der Waals surface area contributed by atoms with E-state index in [2.05, 4.69) is 37.0 Å². The van der Waals surface area contributed by atoms with Crippen LogP contribution in [0, 0.1) is 6.92 Å². The number of ether oxygens (including phenoxy) is 2. The lowest BCUT2D eigenvalue weighted by Gasteiger charge is -2.09. The Morgan fingerprint density at radius 2 is 1.70 bits per heavy atom. The smallest absolute Gasteiger partial charge is 0.160 e. The molecule has 1 heterocycles. The number of nitrogens with zero attached hydrogens (tertiary/aromatic N) is 2. The van der Waals surface area contributed by atoms with Crippen LogP contribution in [0.2, 0.25) is 0 Å². The van der Waals surface area contributed by atoms with Gasteiger partial charge in [-0.25, -0.2) is 4.98 Å². The normalized spacial score (nSPS) is 12.1. The summed E-state index contributed by atoms with van der Waals surface area (Å²) in [5, 5.41) is 0. The Bertz CT molecular complexity index is 1510. The third-order valence-corrected chi connectivity index (χ3v) is 8.52. The quantitative estimate of drug-likeness (QED) is 0.0925. The molecule has 4 rings (SSSR count). The van der Waals surface area contributed by atoms with Gasteiger partial charge < -0.3 is 14.0 Å². The van der Waals surface area contributed by atoms with Gasteiger partial charge in [-0.1, -0.05) is 62.7 Å². The Labute approximate surface area is 258 Å². The van der Waals surface area contributed by atoms with Gasteiger partial charge in [-0.3, -0.25) is 9.00 Å². The fourth-order valence-electron chi connectivity index (χ4n) is 4.64. The van der Waals surface area contributed by atoms with E-state index < -0.39 is 10.8 Å². The molecule has 0 aliphatic heterocycles. The molecule has 7 heteroatoms. The van der Waals surface area contributed by atoms with Crippen molar-refractivity contribution in [2.24, 2.45) is 0 Å². The van der Waals surface area contributed by atoms with E-state index >= 15 is 0 Å². The molecule has 0 radical (unpaired) electrons. The van der Waals surface area contributed by atoms with Crippen LogP contribution in [0.5, 0.6) is 5.75 Å². The number of carbonyl (C=O) groups excluding carboxylic acids is 1. The summed E-state index contributed by atoms with van der Waals surface area (Å²) in [6.45, 7) is 9.07. The maximum atomic E-state index is 12.9. The molecule has 3 aromatic carbocycles. The summed E-state index contributed by atoms with van der Waals surface area (Å²) >= 11 is 0. The Hall–Kier alpha value is -3.81. The molecule has 0 bridgehead atoms. The molecule has 43 heavy (non-hydrogen) atoms. The second-order valence-corrected chi connectivity index (χ2v) is 12.0. The average molecular weight is 599 g/mol. The van der Waals surface area contributed by atoms with E-state index in [0.717, 1.165) is 76.6 Å². The van der Waals surface area contributed by atoms with E-state index in [1.54, 1.807) is 18.6 Å². The Kier molecular flexibility index (Phi) is 12.5. The minimum Gasteiger partial charge on any atom is -0.491 e. The van der Waals surface area contributed by atoms with Crippen molar-refractivity contribution in [3.05, 3.63) is 108 Å². The molecule has 0 unspecified atom stereocenters. The van der Waals surface area contributed by atoms with Crippen LogP contribution in [-0.4, -0.2) is 39.4 Å². The van der Waals surface area contributed by atoms with Gasteiger partial charge in [0.2, 0.25) is 0 Å². The minimum absolute atomic E-state index is 0.0160. The number of aromatic nitrogens is 2. The first-order valence-electron chi connectivity index (χ1n) is 15.1. The number of unbranched alkanes of at least 4 members (excludes halogenated alkanes) is 1. The van der Waals surface area contributed by atoms with E-state index in [-0.39, 0.29) is 12.2 Å². The van der Waals surface area contributed by atoms with Gasteiger partial charge in [0, 0.05) is 30.7 Å². The molecule has 0 saturated carbocycles. The van der Waals surface area contributed by atoms with Gasteiger partial charge in [0.25, 0.3) is 0 Å². The van der Waals surface area contributed by atoms with Gasteiger partial charge in [-0.15, -0.1) is 0 Å². The summed E-state index contributed by atoms with van der Waals surface area (Å²) in [5.74, 6) is 1.26. The van der Waals surface area contributed by atoms with E-state index in [1.165, 1.54) is 0 Å². The van der Waals surface area contributed by atoms with Gasteiger partial charge in [0.15, 0.2) is 5.78 Å². The maximum Gasteiger partial charge on any atom is 0.160 e. The topological polar surface area (TPSA) is 70.4 Å². The Morgan fingerprint density at radius 3 is 2.44 bits per heavy atom. The zero-order chi connectivity index (χ0) is 30.4. The summed E-state index contributed by atoms with van der Waals surface area (Å²) < 4.78 is 26.3. The van der Waals surface area contributed by atoms with Crippen LogP contribution in [-0.2, 0) is 39.0 Å². The van der Waals surface area contributed by atoms with Crippen molar-refractivity contribution in [2.45, 2.75) is 63.6 Å². The van der Waals surface area contributed by atoms with Crippen LogP contribution >= 0.6 is 0 Å². The standard InChI is InChI=1S/C36H42N2O4S/c1-4-6-20-41-21-22-42-35-15-12-30(13-16-35)32-10-7-28(3)31(24-32)11-14-34(39)23-29-8-17-36(18-9-29)43(40)26-33-25-37-27-38(33)19-5-2/h7-18,24-25,27H,4-6,19-23,26H2,1-3H3/b14-11+/t43-/m0/s1. The van der Waals surface area contributed by atoms with Gasteiger partial charge in [-0.2, -0.15) is 0 Å². The first-order chi connectivity index (χ1) is 21.0. The third kappa shape index (κ3) is 9.87. The first kappa shape index (κ1) is 32.1. The lowest BCUT2D eigenvalue weighted by molar-refractivity contribution is -0.113. The number of benzene rings is 3. The molecule has 0 N–H and O–H groups in total. The summed E-state index contributed by atoms with van der Waals surface area (Å²) in [6.07, 6.45) is 10.6. The van der Waals surface area contributed by atoms with E-state index in [1.807, 2.05) is 66.1 Å². The zero-order valence-corrected chi connectivity index (χ0v) is 26.3. The van der Waals surface area contributed by atoms with Crippen molar-refractivity contribution in [3.63, 3.8) is 0 Å². The number of aryl methyl sites for hydroxylation is 2. The highest BCUT2D eigenvalue weighted by molar-refractivity contribution is 7.84. The fraction of sp³-hybridized carbons (Fsp3) is 0.333. The average Bonchev–Trinajstić information content (AvgIpc) is 3.45. The molecular weight excluding hydrogens is 556 g/mol. The number of imidazole rings is 1. The lowest BCUT2D eigenvalue weighted by Crippen LogP contribution is -2.07. The van der Waals surface area contributed by atoms with Gasteiger partial charge in [-0.05, 0) is 84.0 Å². The lowest BCUT2D eigenvalue weighted by atomic mass is 9.99. The number of ketones is 1. The van der Waals surface area contributed by atoms with Crippen molar-refractivity contribution < 1.29 is 18.5 Å². The third-order valence-electron chi connectivity index (χ3n) is 7.16. The molecule has 226 valence electrons. The van der Waals surface area contributed by atoms with Crippen LogP contribution in [0.15, 0.2) is 90.2 Å². The van der Waals surface area contributed by atoms with Crippen molar-refractivity contribution in [3.8, 4) is 16.9 Å². The number of rotatable bonds is 17. The van der Waals surface area contributed by atoms with Crippen molar-refractivity contribution in [1.82, 2.24) is 9.55 Å². The number of allylic oxidation sites excluding steroid dienone is 1. The summed E-state index contributed by atoms with van der Waals surface area (Å²) in [7, 11) is -1.17. The van der Waals surface area contributed by atoms with Crippen LogP contribution in [0.4, 0.5) is 0 Å². The number of carbonyl (C=O) groups is 1. The van der Waals surface area contributed by atoms with Gasteiger partial charge in [0.05, 0.1) is 35.2 Å². The van der Waals surface area contributed by atoms with Crippen molar-refractivity contribution in [1.29, 1.82) is 0 Å². The largest absolute Gasteiger partial charge is 0.491 e. The molecule has 1 atom stereocenters. The molecule has 0 fully saturated rings. The summed E-state index contributed by atoms with van der Waals surface area (Å²) in [4.78, 5) is 17.7. The predicted octanol–water partition coefficient (Wildman–Crippen LogP) is 7.60. The van der Waals surface area contributed by atoms with E-state index in [4.69, 9.17) is 9.47 Å². The van der Waals surface area contributed by atoms with E-state index in [0.29, 0.717) is 19.0 Å². The molecule has 1 aromatic heterocycles. The van der Waals surface area contributed by atoms with Crippen molar-refractivity contribution in [2.75, 3.05) is 19.8 Å². The molecule has 4 aromatic rings. The first-order valence-corrected chi connectivity index (χ1v) is 16.4. The fourth-order valence-corrected chi connectivity index (χ4v) is 5.76. The van der Waals surface area contributed by atoms with Gasteiger partial charge in [0.1, 0.15) is 12.4 Å². The number of hydrogen-bond donors (Lipinski definition) is 0. The molecular formula is C36H42N2O4S. The SMILES string of the molecule is CCCCOCCOc1ccc(-c2ccc(C)c(/C=C/C(=O)Cc3ccc([S@@](=O)Cc4cncn4CCC)cc3)c2)cc1. The van der Waals surface area contributed by atoms with Crippen molar-refractivity contribution >= 4 is 22.7 Å². The highest BCUT2D eigenvalue weighted by Crippen LogP contribution is 2.25. The monoisotopic (exact) mass is 598 g/mol. The number of hydrogen-bond acceptors (Lipinski definition) is 5. The van der Waals surface area contributed by atoms with Gasteiger partial charge >= 0.3 is 0 Å². The highest BCUT2D eigenvalue weighted by atomic mass is 32.2. The summed E-state index contributed by atoms with van der Waals surface area (Å²) in [6, 6.07) is 21.8. The molecule has 0 spiro atoms. The molecule has 0 aliphatic rings. The van der Waals surface area contributed by atoms with E-state index in [9.17, 15) is 9.00 Å². The zero-order valence-electron chi connectivity index (χ0n) is 25.5. The Balaban J connectivity index is 1.31. The maximum absolute atomic E-state index is 12.9. The molecule has 6 nitrogen and oxygen atoms in total. The second-order valence-electron chi connectivity index (χ2n) is 10.6. The molecule has 0 aliphatic carbocycles. The predicted molar refractivity (Wildman–Crippen MR) is 175 cm³/mol. The van der Waals surface area contributed by atoms with Crippen LogP contribution in [0.25, 0.3) is 17.2 Å². The van der Waals surface area contributed by atoms with Crippen LogP contribution < -0.4 is 4.74 Å². The second kappa shape index (κ2) is 16.7. The highest BCUT2D eigenvalue weighted by Gasteiger charge is 2.10.